The van der Waals surface area contributed by atoms with Gasteiger partial charge in [-0.2, -0.15) is 0 Å². The number of likely N-dealkylation sites (N-methyl/N-ethyl adjacent to an activating group) is 1. The molecule has 0 saturated carbocycles. The number of nitro groups is 1. The molecule has 0 saturated heterocycles. The van der Waals surface area contributed by atoms with Crippen LogP contribution >= 0.6 is 0 Å². The Morgan fingerprint density at radius 1 is 1.80 bits per heavy atom. The van der Waals surface area contributed by atoms with E-state index in [2.05, 4.69) is 11.9 Å². The summed E-state index contributed by atoms with van der Waals surface area (Å²) in [6, 6.07) is 0. The molecule has 1 unspecified atom stereocenters. The summed E-state index contributed by atoms with van der Waals surface area (Å²) in [6.45, 7) is 3.49. The van der Waals surface area contributed by atoms with Gasteiger partial charge in [0.05, 0.1) is 11.1 Å². The Hall–Kier alpha value is -1.69. The second-order valence-electron chi connectivity index (χ2n) is 2.83. The Morgan fingerprint density at radius 2 is 2.40 bits per heavy atom. The normalized spacial score (nSPS) is 13.7. The summed E-state index contributed by atoms with van der Waals surface area (Å²) in [4.78, 5) is 9.84. The average molecular weight is 213 g/mol. The highest BCUT2D eigenvalue weighted by Crippen LogP contribution is 2.10. The Morgan fingerprint density at radius 3 is 2.73 bits per heavy atom. The molecule has 0 radical (unpaired) electrons. The molecule has 3 N–H and O–H groups in total. The molecule has 0 bridgehead atoms. The van der Waals surface area contributed by atoms with Crippen LogP contribution in [0.1, 0.15) is 12.8 Å². The second-order valence-corrected chi connectivity index (χ2v) is 2.83. The van der Waals surface area contributed by atoms with Crippen LogP contribution in [0, 0.1) is 15.5 Å². The minimum atomic E-state index is -0.977. The molecule has 0 rings (SSSR count). The molecule has 0 fully saturated rings. The van der Waals surface area contributed by atoms with Crippen LogP contribution < -0.4 is 5.32 Å². The van der Waals surface area contributed by atoms with Crippen molar-refractivity contribution in [1.29, 1.82) is 5.41 Å². The molecule has 0 aromatic carbocycles. The highest BCUT2D eigenvalue weighted by molar-refractivity contribution is 5.73. The zero-order chi connectivity index (χ0) is 11.8. The molecule has 6 heteroatoms. The third kappa shape index (κ3) is 3.90. The summed E-state index contributed by atoms with van der Waals surface area (Å²) in [5.74, 6) is 0. The largest absolute Gasteiger partial charge is 0.387 e. The average Bonchev–Trinajstić information content (AvgIpc) is 2.21. The molecule has 0 aliphatic heterocycles. The lowest BCUT2D eigenvalue weighted by Crippen LogP contribution is -2.25. The molecule has 0 amide bonds. The standard InChI is InChI=1S/C9H15N3O3/c1-3-4-5-8(13)9(11-2)7(6-10)12(14)15/h3,6,8,10-11,13H,1,4-5H2,2H3/b9-7+,10-6?. The molecule has 6 nitrogen and oxygen atoms in total. The Bertz CT molecular complexity index is 286. The smallest absolute Gasteiger partial charge is 0.308 e. The highest BCUT2D eigenvalue weighted by atomic mass is 16.6. The van der Waals surface area contributed by atoms with Crippen molar-refractivity contribution < 1.29 is 10.0 Å². The van der Waals surface area contributed by atoms with Gasteiger partial charge in [-0.1, -0.05) is 6.08 Å². The van der Waals surface area contributed by atoms with Gasteiger partial charge in [0.2, 0.25) is 0 Å². The number of hydrogen-bond donors (Lipinski definition) is 3. The van der Waals surface area contributed by atoms with E-state index in [0.717, 1.165) is 0 Å². The molecule has 1 atom stereocenters. The number of allylic oxidation sites excluding steroid dienone is 2. The van der Waals surface area contributed by atoms with Gasteiger partial charge in [-0.15, -0.1) is 6.58 Å². The van der Waals surface area contributed by atoms with E-state index < -0.39 is 16.7 Å². The SMILES string of the molecule is C=CCCC(O)/C(NC)=C(/C=N)[N+](=O)[O-]. The number of nitrogens with zero attached hydrogens (tertiary/aromatic N) is 1. The van der Waals surface area contributed by atoms with Crippen molar-refractivity contribution in [2.75, 3.05) is 7.05 Å². The van der Waals surface area contributed by atoms with E-state index in [0.29, 0.717) is 19.1 Å². The first-order valence-corrected chi connectivity index (χ1v) is 4.44. The van der Waals surface area contributed by atoms with Gasteiger partial charge in [-0.05, 0) is 12.8 Å². The van der Waals surface area contributed by atoms with Gasteiger partial charge in [0, 0.05) is 7.05 Å². The predicted octanol–water partition coefficient (Wildman–Crippen LogP) is 0.671. The van der Waals surface area contributed by atoms with Crippen molar-refractivity contribution in [3.8, 4) is 0 Å². The fourth-order valence-corrected chi connectivity index (χ4v) is 1.11. The molecule has 0 aliphatic carbocycles. The zero-order valence-electron chi connectivity index (χ0n) is 8.56. The summed E-state index contributed by atoms with van der Waals surface area (Å²) in [7, 11) is 1.47. The van der Waals surface area contributed by atoms with E-state index in [9.17, 15) is 15.2 Å². The molecule has 0 aromatic heterocycles. The minimum absolute atomic E-state index is 0.0526. The summed E-state index contributed by atoms with van der Waals surface area (Å²) in [5, 5.41) is 29.6. The van der Waals surface area contributed by atoms with Crippen LogP contribution in [-0.4, -0.2) is 29.4 Å². The quantitative estimate of drug-likeness (QED) is 0.250. The first kappa shape index (κ1) is 13.3. The number of aliphatic hydroxyl groups excluding tert-OH is 1. The van der Waals surface area contributed by atoms with E-state index in [1.165, 1.54) is 7.05 Å². The summed E-state index contributed by atoms with van der Waals surface area (Å²) < 4.78 is 0. The molecule has 0 aliphatic rings. The van der Waals surface area contributed by atoms with E-state index in [1.54, 1.807) is 6.08 Å². The summed E-state index contributed by atoms with van der Waals surface area (Å²) in [5.41, 5.74) is -0.370. The molecule has 0 aromatic rings. The van der Waals surface area contributed by atoms with Crippen molar-refractivity contribution >= 4 is 6.21 Å². The van der Waals surface area contributed by atoms with Crippen molar-refractivity contribution in [3.05, 3.63) is 34.2 Å². The Kier molecular flexibility index (Phi) is 5.96. The topological polar surface area (TPSA) is 99.2 Å². The van der Waals surface area contributed by atoms with E-state index in [-0.39, 0.29) is 5.70 Å². The lowest BCUT2D eigenvalue weighted by atomic mass is 10.1. The molecular weight excluding hydrogens is 198 g/mol. The van der Waals surface area contributed by atoms with Gasteiger partial charge in [0.1, 0.15) is 11.8 Å². The number of hydrogen-bond acceptors (Lipinski definition) is 5. The fourth-order valence-electron chi connectivity index (χ4n) is 1.11. The van der Waals surface area contributed by atoms with Crippen molar-refractivity contribution in [2.24, 2.45) is 0 Å². The van der Waals surface area contributed by atoms with Gasteiger partial charge in [0.15, 0.2) is 0 Å². The van der Waals surface area contributed by atoms with Crippen molar-refractivity contribution in [1.82, 2.24) is 5.32 Å². The maximum Gasteiger partial charge on any atom is 0.308 e. The van der Waals surface area contributed by atoms with Crippen LogP contribution in [0.4, 0.5) is 0 Å². The minimum Gasteiger partial charge on any atom is -0.387 e. The number of nitrogens with one attached hydrogen (secondary N) is 2. The second kappa shape index (κ2) is 6.72. The van der Waals surface area contributed by atoms with E-state index in [4.69, 9.17) is 5.41 Å². The van der Waals surface area contributed by atoms with Crippen molar-refractivity contribution in [3.63, 3.8) is 0 Å². The van der Waals surface area contributed by atoms with Gasteiger partial charge in [0.25, 0.3) is 0 Å². The van der Waals surface area contributed by atoms with E-state index in [1.807, 2.05) is 0 Å². The summed E-state index contributed by atoms with van der Waals surface area (Å²) in [6.07, 6.45) is 2.14. The van der Waals surface area contributed by atoms with Gasteiger partial charge < -0.3 is 15.8 Å². The van der Waals surface area contributed by atoms with Gasteiger partial charge in [-0.25, -0.2) is 0 Å². The van der Waals surface area contributed by atoms with Crippen molar-refractivity contribution in [2.45, 2.75) is 18.9 Å². The Labute approximate surface area is 88.0 Å². The van der Waals surface area contributed by atoms with Crippen LogP contribution in [0.5, 0.6) is 0 Å². The number of rotatable bonds is 7. The fraction of sp³-hybridized carbons (Fsp3) is 0.444. The summed E-state index contributed by atoms with van der Waals surface area (Å²) >= 11 is 0. The van der Waals surface area contributed by atoms with Crippen LogP contribution in [0.15, 0.2) is 24.0 Å². The van der Waals surface area contributed by atoms with Crippen LogP contribution in [0.3, 0.4) is 0 Å². The van der Waals surface area contributed by atoms with Crippen LogP contribution in [-0.2, 0) is 0 Å². The highest BCUT2D eigenvalue weighted by Gasteiger charge is 2.21. The predicted molar refractivity (Wildman–Crippen MR) is 57.3 cm³/mol. The van der Waals surface area contributed by atoms with Crippen LogP contribution in [0.2, 0.25) is 0 Å². The van der Waals surface area contributed by atoms with Gasteiger partial charge >= 0.3 is 5.70 Å². The third-order valence-electron chi connectivity index (χ3n) is 1.86. The monoisotopic (exact) mass is 213 g/mol. The molecule has 0 heterocycles. The lowest BCUT2D eigenvalue weighted by Gasteiger charge is -2.12. The first-order valence-electron chi connectivity index (χ1n) is 4.44. The molecule has 84 valence electrons. The first-order chi connectivity index (χ1) is 7.08. The maximum absolute atomic E-state index is 10.5. The number of aliphatic hydroxyl groups is 1. The van der Waals surface area contributed by atoms with Gasteiger partial charge in [-0.3, -0.25) is 10.1 Å². The lowest BCUT2D eigenvalue weighted by molar-refractivity contribution is -0.416. The maximum atomic E-state index is 10.5. The van der Waals surface area contributed by atoms with E-state index >= 15 is 0 Å². The Balaban J connectivity index is 4.90. The van der Waals surface area contributed by atoms with Crippen LogP contribution in [0.25, 0.3) is 0 Å². The third-order valence-corrected chi connectivity index (χ3v) is 1.86. The molecule has 15 heavy (non-hydrogen) atoms. The zero-order valence-corrected chi connectivity index (χ0v) is 8.56. The molecule has 0 spiro atoms. The molecular formula is C9H15N3O3.